The van der Waals surface area contributed by atoms with Gasteiger partial charge in [0.05, 0.1) is 11.5 Å². The third kappa shape index (κ3) is 2.71. The first-order valence-electron chi connectivity index (χ1n) is 11.8. The van der Waals surface area contributed by atoms with E-state index in [4.69, 9.17) is 4.43 Å². The predicted octanol–water partition coefficient (Wildman–Crippen LogP) is 6.54. The van der Waals surface area contributed by atoms with Crippen LogP contribution in [0.15, 0.2) is 23.3 Å². The van der Waals surface area contributed by atoms with Gasteiger partial charge in [0.15, 0.2) is 14.1 Å². The Labute approximate surface area is 173 Å². The molecule has 1 spiro atoms. The van der Waals surface area contributed by atoms with Gasteiger partial charge in [0.1, 0.15) is 0 Å². The number of hydrogen-bond donors (Lipinski definition) is 0. The summed E-state index contributed by atoms with van der Waals surface area (Å²) in [5.41, 5.74) is 2.74. The molecule has 3 heteroatoms. The van der Waals surface area contributed by atoms with Crippen LogP contribution < -0.4 is 0 Å². The lowest BCUT2D eigenvalue weighted by Gasteiger charge is -2.35. The summed E-state index contributed by atoms with van der Waals surface area (Å²) in [4.78, 5) is 14.1. The molecule has 2 nitrogen and oxygen atoms in total. The number of ketones is 1. The van der Waals surface area contributed by atoms with Gasteiger partial charge in [-0.3, -0.25) is 4.79 Å². The van der Waals surface area contributed by atoms with Crippen LogP contribution in [0.25, 0.3) is 0 Å². The zero-order valence-corrected chi connectivity index (χ0v) is 20.1. The minimum Gasteiger partial charge on any atom is -0.411 e. The van der Waals surface area contributed by atoms with E-state index < -0.39 is 8.32 Å². The van der Waals surface area contributed by atoms with E-state index in [1.165, 1.54) is 35.7 Å². The molecule has 0 saturated heterocycles. The molecule has 0 heterocycles. The third-order valence-electron chi connectivity index (χ3n) is 9.38. The fourth-order valence-corrected chi connectivity index (χ4v) is 10.2. The van der Waals surface area contributed by atoms with Gasteiger partial charge in [-0.2, -0.15) is 0 Å². The summed E-state index contributed by atoms with van der Waals surface area (Å²) in [6, 6.07) is 3.53. The van der Waals surface area contributed by atoms with Gasteiger partial charge in [0.2, 0.25) is 0 Å². The first-order chi connectivity index (χ1) is 13.1. The second kappa shape index (κ2) is 6.67. The van der Waals surface area contributed by atoms with Crippen molar-refractivity contribution < 1.29 is 9.22 Å². The molecule has 156 valence electrons. The SMILES string of the molecule is CC[Si](CC)(CC)O[C@@H]1C=C2CC(C)=C[C@]23C(=O)[C@@H](C1)[C@H]1[C@@H](C[C@H]3C)C1(C)C. The monoisotopic (exact) mass is 400 g/mol. The van der Waals surface area contributed by atoms with Crippen LogP contribution in [0.3, 0.4) is 0 Å². The van der Waals surface area contributed by atoms with Crippen LogP contribution in [-0.2, 0) is 9.22 Å². The van der Waals surface area contributed by atoms with E-state index in [-0.39, 0.29) is 17.4 Å². The molecule has 4 rings (SSSR count). The standard InChI is InChI=1S/C25H40O2Si/c1-8-28(9-2,10-3)27-19-13-18-11-16(4)15-25(18)17(5)12-21-22(24(21,6)7)20(14-19)23(25)26/h13,15,17,19-22H,8-12,14H2,1-7H3/t17-,19-,20+,21-,22+,25-/m1/s1. The highest BCUT2D eigenvalue weighted by molar-refractivity contribution is 6.73. The van der Waals surface area contributed by atoms with Gasteiger partial charge >= 0.3 is 0 Å². The molecule has 2 bridgehead atoms. The number of hydrogen-bond acceptors (Lipinski definition) is 2. The molecule has 0 amide bonds. The van der Waals surface area contributed by atoms with Crippen LogP contribution in [0.5, 0.6) is 0 Å². The van der Waals surface area contributed by atoms with Gasteiger partial charge < -0.3 is 4.43 Å². The molecule has 2 fully saturated rings. The van der Waals surface area contributed by atoms with E-state index in [0.29, 0.717) is 29.0 Å². The number of carbonyl (C=O) groups excluding carboxylic acids is 1. The number of carbonyl (C=O) groups is 1. The van der Waals surface area contributed by atoms with E-state index >= 15 is 0 Å². The molecule has 0 unspecified atom stereocenters. The second-order valence-electron chi connectivity index (χ2n) is 10.9. The maximum Gasteiger partial charge on any atom is 0.192 e. The van der Waals surface area contributed by atoms with E-state index in [2.05, 4.69) is 60.6 Å². The fourth-order valence-electron chi connectivity index (χ4n) is 7.38. The Hall–Kier alpha value is -0.673. The number of allylic oxidation sites excluding steroid dienone is 3. The molecule has 4 aliphatic rings. The average molecular weight is 401 g/mol. The van der Waals surface area contributed by atoms with Crippen molar-refractivity contribution in [3.63, 3.8) is 0 Å². The highest BCUT2D eigenvalue weighted by Crippen LogP contribution is 2.70. The Kier molecular flexibility index (Phi) is 4.90. The summed E-state index contributed by atoms with van der Waals surface area (Å²) in [5.74, 6) is 2.37. The largest absolute Gasteiger partial charge is 0.411 e. The first-order valence-corrected chi connectivity index (χ1v) is 14.3. The zero-order valence-electron chi connectivity index (χ0n) is 19.1. The summed E-state index contributed by atoms with van der Waals surface area (Å²) in [5, 5.41) is 0. The highest BCUT2D eigenvalue weighted by atomic mass is 28.4. The molecule has 0 aromatic carbocycles. The van der Waals surface area contributed by atoms with Gasteiger partial charge in [-0.1, -0.05) is 64.8 Å². The molecule has 2 saturated carbocycles. The molecule has 0 N–H and O–H groups in total. The lowest BCUT2D eigenvalue weighted by atomic mass is 9.66. The highest BCUT2D eigenvalue weighted by Gasteiger charge is 2.68. The van der Waals surface area contributed by atoms with E-state index in [0.717, 1.165) is 12.8 Å². The van der Waals surface area contributed by atoms with Crippen molar-refractivity contribution >= 4 is 14.1 Å². The van der Waals surface area contributed by atoms with Gasteiger partial charge in [0, 0.05) is 5.92 Å². The predicted molar refractivity (Wildman–Crippen MR) is 119 cm³/mol. The van der Waals surface area contributed by atoms with Crippen LogP contribution in [0, 0.1) is 34.5 Å². The Balaban J connectivity index is 1.78. The van der Waals surface area contributed by atoms with E-state index in [1.54, 1.807) is 0 Å². The summed E-state index contributed by atoms with van der Waals surface area (Å²) in [6.07, 6.45) is 8.02. The van der Waals surface area contributed by atoms with Crippen LogP contribution >= 0.6 is 0 Å². The molecule has 0 aromatic heterocycles. The maximum atomic E-state index is 14.1. The Morgan fingerprint density at radius 3 is 2.39 bits per heavy atom. The van der Waals surface area contributed by atoms with Crippen molar-refractivity contribution in [2.75, 3.05) is 0 Å². The van der Waals surface area contributed by atoms with E-state index in [9.17, 15) is 4.79 Å². The normalized spacial score (nSPS) is 41.4. The van der Waals surface area contributed by atoms with Crippen LogP contribution in [-0.4, -0.2) is 20.2 Å². The van der Waals surface area contributed by atoms with E-state index in [1.807, 2.05) is 0 Å². The van der Waals surface area contributed by atoms with Crippen molar-refractivity contribution in [2.24, 2.45) is 34.5 Å². The summed E-state index contributed by atoms with van der Waals surface area (Å²) in [6.45, 7) is 16.3. The topological polar surface area (TPSA) is 26.3 Å². The number of Topliss-reactive ketones (excluding diaryl/α,β-unsaturated/α-hetero) is 1. The lowest BCUT2D eigenvalue weighted by molar-refractivity contribution is -0.131. The Morgan fingerprint density at radius 1 is 1.14 bits per heavy atom. The minimum absolute atomic E-state index is 0.138. The van der Waals surface area contributed by atoms with Gasteiger partial charge in [-0.15, -0.1) is 0 Å². The zero-order chi connectivity index (χ0) is 20.5. The minimum atomic E-state index is -1.70. The van der Waals surface area contributed by atoms with Crippen molar-refractivity contribution in [3.05, 3.63) is 23.3 Å². The van der Waals surface area contributed by atoms with Gasteiger partial charge in [-0.25, -0.2) is 0 Å². The van der Waals surface area contributed by atoms with Gasteiger partial charge in [0.25, 0.3) is 0 Å². The molecule has 4 aliphatic carbocycles. The van der Waals surface area contributed by atoms with Crippen molar-refractivity contribution in [1.29, 1.82) is 0 Å². The summed E-state index contributed by atoms with van der Waals surface area (Å²) < 4.78 is 7.00. The van der Waals surface area contributed by atoms with Crippen molar-refractivity contribution in [3.8, 4) is 0 Å². The Morgan fingerprint density at radius 2 is 1.79 bits per heavy atom. The summed E-state index contributed by atoms with van der Waals surface area (Å²) in [7, 11) is -1.70. The smallest absolute Gasteiger partial charge is 0.192 e. The number of rotatable bonds is 5. The molecule has 0 radical (unpaired) electrons. The van der Waals surface area contributed by atoms with Crippen molar-refractivity contribution in [1.82, 2.24) is 0 Å². The third-order valence-corrected chi connectivity index (χ3v) is 14.1. The number of fused-ring (bicyclic) bond motifs is 3. The van der Waals surface area contributed by atoms with Crippen molar-refractivity contribution in [2.45, 2.75) is 92.0 Å². The second-order valence-corrected chi connectivity index (χ2v) is 15.6. The fraction of sp³-hybridized carbons (Fsp3) is 0.800. The van der Waals surface area contributed by atoms with Gasteiger partial charge in [-0.05, 0) is 67.5 Å². The summed E-state index contributed by atoms with van der Waals surface area (Å²) >= 11 is 0. The molecule has 28 heavy (non-hydrogen) atoms. The molecule has 0 aromatic rings. The molecular formula is C25H40O2Si. The maximum absolute atomic E-state index is 14.1. The molecule has 0 aliphatic heterocycles. The molecule has 6 atom stereocenters. The average Bonchev–Trinajstić information content (AvgIpc) is 3.07. The molecular weight excluding hydrogens is 360 g/mol. The lowest BCUT2D eigenvalue weighted by Crippen LogP contribution is -2.41. The van der Waals surface area contributed by atoms with Crippen LogP contribution in [0.1, 0.15) is 67.7 Å². The first kappa shape index (κ1) is 20.6. The van der Waals surface area contributed by atoms with Crippen LogP contribution in [0.2, 0.25) is 18.1 Å². The Bertz CT molecular complexity index is 721. The quantitative estimate of drug-likeness (QED) is 0.387. The van der Waals surface area contributed by atoms with Crippen LogP contribution in [0.4, 0.5) is 0 Å².